The van der Waals surface area contributed by atoms with Crippen molar-refractivity contribution >= 4 is 21.4 Å². The van der Waals surface area contributed by atoms with Crippen LogP contribution in [-0.2, 0) is 10.0 Å². The van der Waals surface area contributed by atoms with E-state index >= 15 is 0 Å². The summed E-state index contributed by atoms with van der Waals surface area (Å²) >= 11 is 0. The van der Waals surface area contributed by atoms with E-state index in [1.807, 2.05) is 6.92 Å². The Morgan fingerprint density at radius 1 is 1.33 bits per heavy atom. The molecule has 0 aliphatic rings. The molecule has 0 aliphatic heterocycles. The van der Waals surface area contributed by atoms with E-state index in [9.17, 15) is 18.5 Å². The maximum Gasteiger partial charge on any atom is 0.271 e. The third kappa shape index (κ3) is 4.68. The van der Waals surface area contributed by atoms with Crippen LogP contribution in [0.2, 0.25) is 0 Å². The molecule has 1 unspecified atom stereocenters. The van der Waals surface area contributed by atoms with E-state index < -0.39 is 14.9 Å². The average molecular weight is 315 g/mol. The van der Waals surface area contributed by atoms with E-state index in [-0.39, 0.29) is 22.3 Å². The Morgan fingerprint density at radius 2 is 2.00 bits per heavy atom. The van der Waals surface area contributed by atoms with Crippen LogP contribution in [0.25, 0.3) is 0 Å². The Balaban J connectivity index is 3.18. The van der Waals surface area contributed by atoms with Crippen molar-refractivity contribution in [3.05, 3.63) is 28.3 Å². The molecule has 118 valence electrons. The minimum atomic E-state index is -3.71. The van der Waals surface area contributed by atoms with Crippen LogP contribution in [0.3, 0.4) is 0 Å². The monoisotopic (exact) mass is 315 g/mol. The van der Waals surface area contributed by atoms with Crippen LogP contribution in [0.1, 0.15) is 33.6 Å². The van der Waals surface area contributed by atoms with Gasteiger partial charge in [-0.1, -0.05) is 13.3 Å². The second kappa shape index (κ2) is 7.37. The summed E-state index contributed by atoms with van der Waals surface area (Å²) in [6.45, 7) is 6.02. The predicted octanol–water partition coefficient (Wildman–Crippen LogP) is 2.49. The molecule has 1 atom stereocenters. The van der Waals surface area contributed by atoms with E-state index in [1.54, 1.807) is 13.8 Å². The highest BCUT2D eigenvalue weighted by Gasteiger charge is 2.22. The number of nitro benzene ring substituents is 1. The average Bonchev–Trinajstić information content (AvgIpc) is 2.38. The third-order valence-corrected chi connectivity index (χ3v) is 4.56. The summed E-state index contributed by atoms with van der Waals surface area (Å²) in [4.78, 5) is 10.3. The molecule has 0 amide bonds. The smallest absolute Gasteiger partial charge is 0.271 e. The third-order valence-electron chi connectivity index (χ3n) is 2.91. The zero-order valence-corrected chi connectivity index (χ0v) is 13.2. The molecule has 0 fully saturated rings. The van der Waals surface area contributed by atoms with Crippen molar-refractivity contribution in [3.63, 3.8) is 0 Å². The molecule has 7 nitrogen and oxygen atoms in total. The van der Waals surface area contributed by atoms with Crippen molar-refractivity contribution in [2.24, 2.45) is 0 Å². The lowest BCUT2D eigenvalue weighted by molar-refractivity contribution is -0.384. The fraction of sp³-hybridized carbons (Fsp3) is 0.538. The number of sulfonamides is 1. The summed E-state index contributed by atoms with van der Waals surface area (Å²) in [6.07, 6.45) is 1.59. The van der Waals surface area contributed by atoms with Gasteiger partial charge in [-0.25, -0.2) is 13.1 Å². The number of hydrogen-bond donors (Lipinski definition) is 2. The predicted molar refractivity (Wildman–Crippen MR) is 82.0 cm³/mol. The van der Waals surface area contributed by atoms with Crippen LogP contribution in [0.4, 0.5) is 11.4 Å². The number of hydrogen-bond acceptors (Lipinski definition) is 5. The van der Waals surface area contributed by atoms with Gasteiger partial charge in [0.05, 0.1) is 10.6 Å². The molecule has 1 aromatic rings. The highest BCUT2D eigenvalue weighted by Crippen LogP contribution is 2.26. The van der Waals surface area contributed by atoms with Crippen LogP contribution in [0.5, 0.6) is 0 Å². The van der Waals surface area contributed by atoms with Crippen LogP contribution in [-0.4, -0.2) is 25.9 Å². The van der Waals surface area contributed by atoms with Gasteiger partial charge in [-0.05, 0) is 26.3 Å². The molecule has 0 heterocycles. The Morgan fingerprint density at radius 3 is 2.52 bits per heavy atom. The van der Waals surface area contributed by atoms with Crippen molar-refractivity contribution < 1.29 is 13.3 Å². The molecule has 0 spiro atoms. The van der Waals surface area contributed by atoms with Crippen molar-refractivity contribution in [3.8, 4) is 0 Å². The second-order valence-electron chi connectivity index (χ2n) is 4.78. The number of nitro groups is 1. The first kappa shape index (κ1) is 17.4. The van der Waals surface area contributed by atoms with Crippen LogP contribution < -0.4 is 10.0 Å². The van der Waals surface area contributed by atoms with Crippen LogP contribution >= 0.6 is 0 Å². The molecule has 0 saturated heterocycles. The normalized spacial score (nSPS) is 12.9. The van der Waals surface area contributed by atoms with E-state index in [2.05, 4.69) is 10.0 Å². The van der Waals surface area contributed by atoms with Crippen molar-refractivity contribution in [2.45, 2.75) is 44.6 Å². The summed E-state index contributed by atoms with van der Waals surface area (Å²) in [5.41, 5.74) is 0.0920. The molecule has 0 radical (unpaired) electrons. The van der Waals surface area contributed by atoms with Crippen LogP contribution in [0.15, 0.2) is 23.1 Å². The summed E-state index contributed by atoms with van der Waals surface area (Å²) in [6, 6.07) is 3.50. The molecular weight excluding hydrogens is 294 g/mol. The summed E-state index contributed by atoms with van der Waals surface area (Å²) in [5.74, 6) is 0. The molecule has 0 saturated carbocycles. The second-order valence-corrected chi connectivity index (χ2v) is 6.46. The number of nitrogens with zero attached hydrogens (tertiary/aromatic N) is 1. The lowest BCUT2D eigenvalue weighted by Crippen LogP contribution is -2.32. The number of anilines is 1. The molecule has 0 bridgehead atoms. The van der Waals surface area contributed by atoms with Crippen molar-refractivity contribution in [2.75, 3.05) is 11.9 Å². The van der Waals surface area contributed by atoms with Gasteiger partial charge < -0.3 is 5.32 Å². The largest absolute Gasteiger partial charge is 0.384 e. The van der Waals surface area contributed by atoms with Gasteiger partial charge >= 0.3 is 0 Å². The number of rotatable bonds is 8. The first-order valence-electron chi connectivity index (χ1n) is 6.86. The molecule has 1 rings (SSSR count). The molecule has 21 heavy (non-hydrogen) atoms. The molecule has 2 N–H and O–H groups in total. The highest BCUT2D eigenvalue weighted by atomic mass is 32.2. The SMILES string of the molecule is CCCC(C)NS(=O)(=O)c1ccc([N+](=O)[O-])cc1NCC. The first-order chi connectivity index (χ1) is 9.81. The number of benzene rings is 1. The van der Waals surface area contributed by atoms with Gasteiger partial charge in [-0.3, -0.25) is 10.1 Å². The van der Waals surface area contributed by atoms with E-state index in [0.29, 0.717) is 6.54 Å². The van der Waals surface area contributed by atoms with Crippen molar-refractivity contribution in [1.82, 2.24) is 4.72 Å². The van der Waals surface area contributed by atoms with Crippen molar-refractivity contribution in [1.29, 1.82) is 0 Å². The van der Waals surface area contributed by atoms with E-state index in [0.717, 1.165) is 12.8 Å². The van der Waals surface area contributed by atoms with Gasteiger partial charge in [-0.2, -0.15) is 0 Å². The maximum absolute atomic E-state index is 12.4. The zero-order chi connectivity index (χ0) is 16.0. The summed E-state index contributed by atoms with van der Waals surface area (Å²) in [5, 5.41) is 13.7. The van der Waals surface area contributed by atoms with Gasteiger partial charge in [0.1, 0.15) is 4.90 Å². The lowest BCUT2D eigenvalue weighted by Gasteiger charge is -2.16. The molecular formula is C13H21N3O4S. The minimum absolute atomic E-state index is 0.0258. The molecule has 0 aromatic heterocycles. The number of nitrogens with one attached hydrogen (secondary N) is 2. The Labute approximate surface area is 124 Å². The summed E-state index contributed by atoms with van der Waals surface area (Å²) < 4.78 is 27.3. The summed E-state index contributed by atoms with van der Waals surface area (Å²) in [7, 11) is -3.71. The Hall–Kier alpha value is -1.67. The van der Waals surface area contributed by atoms with Gasteiger partial charge in [-0.15, -0.1) is 0 Å². The standard InChI is InChI=1S/C13H21N3O4S/c1-4-6-10(3)15-21(19,20)13-8-7-11(16(17)18)9-12(13)14-5-2/h7-10,14-15H,4-6H2,1-3H3. The van der Waals surface area contributed by atoms with Crippen LogP contribution in [0, 0.1) is 10.1 Å². The topological polar surface area (TPSA) is 101 Å². The van der Waals surface area contributed by atoms with Gasteiger partial charge in [0, 0.05) is 24.7 Å². The fourth-order valence-corrected chi connectivity index (χ4v) is 3.46. The van der Waals surface area contributed by atoms with Gasteiger partial charge in [0.2, 0.25) is 10.0 Å². The van der Waals surface area contributed by atoms with E-state index in [4.69, 9.17) is 0 Å². The zero-order valence-electron chi connectivity index (χ0n) is 12.4. The quantitative estimate of drug-likeness (QED) is 0.567. The Kier molecular flexibility index (Phi) is 6.10. The molecule has 0 aliphatic carbocycles. The highest BCUT2D eigenvalue weighted by molar-refractivity contribution is 7.89. The number of non-ortho nitro benzene ring substituents is 1. The molecule has 8 heteroatoms. The lowest BCUT2D eigenvalue weighted by atomic mass is 10.2. The van der Waals surface area contributed by atoms with E-state index in [1.165, 1.54) is 18.2 Å². The first-order valence-corrected chi connectivity index (χ1v) is 8.34. The van der Waals surface area contributed by atoms with Gasteiger partial charge in [0.25, 0.3) is 5.69 Å². The van der Waals surface area contributed by atoms with Gasteiger partial charge in [0.15, 0.2) is 0 Å². The maximum atomic E-state index is 12.4. The minimum Gasteiger partial charge on any atom is -0.384 e. The Bertz CT molecular complexity index is 601. The fourth-order valence-electron chi connectivity index (χ4n) is 2.01. The molecule has 1 aromatic carbocycles.